The second-order valence-corrected chi connectivity index (χ2v) is 7.62. The summed E-state index contributed by atoms with van der Waals surface area (Å²) >= 11 is 1.14. The average molecular weight is 460 g/mol. The number of carbonyl (C=O) groups is 2. The number of nitrogens with zero attached hydrogens (tertiary/aromatic N) is 3. The number of thioether (sulfide) groups is 1. The maximum absolute atomic E-state index is 13.0. The van der Waals surface area contributed by atoms with Gasteiger partial charge < -0.3 is 25.0 Å². The van der Waals surface area contributed by atoms with Crippen LogP contribution in [0.3, 0.4) is 0 Å². The van der Waals surface area contributed by atoms with Crippen LogP contribution < -0.4 is 15.4 Å². The van der Waals surface area contributed by atoms with E-state index in [-0.39, 0.29) is 30.0 Å². The molecule has 0 aliphatic rings. The molecule has 0 fully saturated rings. The number of amides is 2. The number of hydrogen-bond donors (Lipinski definition) is 3. The van der Waals surface area contributed by atoms with Gasteiger partial charge in [0.05, 0.1) is 19.5 Å². The molecule has 2 amide bonds. The summed E-state index contributed by atoms with van der Waals surface area (Å²) in [7, 11) is 3.21. The lowest BCUT2D eigenvalue weighted by Gasteiger charge is -2.16. The Morgan fingerprint density at radius 1 is 1.16 bits per heavy atom. The molecule has 0 saturated carbocycles. The zero-order valence-electron chi connectivity index (χ0n) is 17.4. The Kier molecular flexibility index (Phi) is 7.79. The van der Waals surface area contributed by atoms with Crippen molar-refractivity contribution < 1.29 is 23.8 Å². The molecule has 2 aromatic carbocycles. The van der Waals surface area contributed by atoms with Gasteiger partial charge in [0.2, 0.25) is 5.91 Å². The predicted molar refractivity (Wildman–Crippen MR) is 117 cm³/mol. The van der Waals surface area contributed by atoms with Gasteiger partial charge in [-0.15, -0.1) is 10.2 Å². The van der Waals surface area contributed by atoms with Gasteiger partial charge in [0.15, 0.2) is 11.0 Å². The molecule has 0 unspecified atom stereocenters. The van der Waals surface area contributed by atoms with E-state index < -0.39 is 6.04 Å². The van der Waals surface area contributed by atoms with E-state index in [4.69, 9.17) is 4.74 Å². The Hall–Kier alpha value is -3.44. The molecule has 0 spiro atoms. The smallest absolute Gasteiger partial charge is 0.251 e. The number of aromatic nitrogens is 3. The van der Waals surface area contributed by atoms with Crippen molar-refractivity contribution in [1.29, 1.82) is 0 Å². The van der Waals surface area contributed by atoms with Gasteiger partial charge >= 0.3 is 0 Å². The molecule has 3 aromatic rings. The standard InChI is InChI=1S/C21H22FN5O4S/c1-27-19(17(11-28)24-20(30)13-3-9-16(31-2)10-4-13)25-26-21(27)32-12-18(29)23-15-7-5-14(22)6-8-15/h3-10,17,28H,11-12H2,1-2H3,(H,23,29)(H,24,30)/t17-/m1/s1. The number of methoxy groups -OCH3 is 1. The van der Waals surface area contributed by atoms with Crippen molar-refractivity contribution in [3.05, 3.63) is 65.7 Å². The van der Waals surface area contributed by atoms with E-state index in [2.05, 4.69) is 20.8 Å². The van der Waals surface area contributed by atoms with Gasteiger partial charge in [0, 0.05) is 18.3 Å². The monoisotopic (exact) mass is 459 g/mol. The third-order valence-electron chi connectivity index (χ3n) is 4.48. The Bertz CT molecular complexity index is 1070. The molecule has 0 aliphatic carbocycles. The number of hydrogen-bond acceptors (Lipinski definition) is 7. The summed E-state index contributed by atoms with van der Waals surface area (Å²) in [6.07, 6.45) is 0. The van der Waals surface area contributed by atoms with Crippen molar-refractivity contribution in [3.63, 3.8) is 0 Å². The van der Waals surface area contributed by atoms with Crippen molar-refractivity contribution in [1.82, 2.24) is 20.1 Å². The van der Waals surface area contributed by atoms with Crippen molar-refractivity contribution >= 4 is 29.3 Å². The minimum Gasteiger partial charge on any atom is -0.497 e. The summed E-state index contributed by atoms with van der Waals surface area (Å²) in [6.45, 7) is -0.385. The fraction of sp³-hybridized carbons (Fsp3) is 0.238. The van der Waals surface area contributed by atoms with Crippen molar-refractivity contribution in [3.8, 4) is 5.75 Å². The number of nitrogens with one attached hydrogen (secondary N) is 2. The summed E-state index contributed by atoms with van der Waals surface area (Å²) in [4.78, 5) is 24.7. The number of ether oxygens (including phenoxy) is 1. The second-order valence-electron chi connectivity index (χ2n) is 6.68. The van der Waals surface area contributed by atoms with Gasteiger partial charge in [0.1, 0.15) is 17.6 Å². The van der Waals surface area contributed by atoms with E-state index in [1.54, 1.807) is 35.9 Å². The molecule has 1 atom stereocenters. The zero-order chi connectivity index (χ0) is 23.1. The largest absolute Gasteiger partial charge is 0.497 e. The van der Waals surface area contributed by atoms with Gasteiger partial charge in [-0.1, -0.05) is 11.8 Å². The molecular weight excluding hydrogens is 437 g/mol. The fourth-order valence-electron chi connectivity index (χ4n) is 2.79. The van der Waals surface area contributed by atoms with Crippen LogP contribution in [0.5, 0.6) is 5.75 Å². The third kappa shape index (κ3) is 5.83. The summed E-state index contributed by atoms with van der Waals surface area (Å²) in [5.74, 6) is -0.0537. The van der Waals surface area contributed by atoms with E-state index in [0.29, 0.717) is 28.0 Å². The van der Waals surface area contributed by atoms with E-state index in [9.17, 15) is 19.1 Å². The highest BCUT2D eigenvalue weighted by molar-refractivity contribution is 7.99. The van der Waals surface area contributed by atoms with Crippen LogP contribution in [0.4, 0.5) is 10.1 Å². The topological polar surface area (TPSA) is 118 Å². The molecule has 1 heterocycles. The van der Waals surface area contributed by atoms with Crippen LogP contribution in [0, 0.1) is 5.82 Å². The highest BCUT2D eigenvalue weighted by Gasteiger charge is 2.22. The van der Waals surface area contributed by atoms with E-state index in [1.165, 1.54) is 31.4 Å². The molecule has 9 nitrogen and oxygen atoms in total. The van der Waals surface area contributed by atoms with Crippen LogP contribution in [-0.2, 0) is 11.8 Å². The molecule has 3 rings (SSSR count). The zero-order valence-corrected chi connectivity index (χ0v) is 18.2. The van der Waals surface area contributed by atoms with Crippen LogP contribution in [0.25, 0.3) is 0 Å². The number of aliphatic hydroxyl groups is 1. The maximum atomic E-state index is 13.0. The quantitative estimate of drug-likeness (QED) is 0.420. The number of aliphatic hydroxyl groups excluding tert-OH is 1. The number of anilines is 1. The Labute approximate surface area is 188 Å². The van der Waals surface area contributed by atoms with E-state index >= 15 is 0 Å². The molecule has 3 N–H and O–H groups in total. The second kappa shape index (κ2) is 10.7. The van der Waals surface area contributed by atoms with Gasteiger partial charge in [0.25, 0.3) is 5.91 Å². The SMILES string of the molecule is COc1ccc(C(=O)N[C@H](CO)c2nnc(SCC(=O)Nc3ccc(F)cc3)n2C)cc1. The molecular formula is C21H22FN5O4S. The highest BCUT2D eigenvalue weighted by Crippen LogP contribution is 2.20. The summed E-state index contributed by atoms with van der Waals surface area (Å²) in [6, 6.07) is 11.2. The van der Waals surface area contributed by atoms with Crippen LogP contribution in [0.15, 0.2) is 53.7 Å². The first-order valence-corrected chi connectivity index (χ1v) is 10.5. The van der Waals surface area contributed by atoms with E-state index in [1.807, 2.05) is 0 Å². The molecule has 168 valence electrons. The molecule has 0 saturated heterocycles. The van der Waals surface area contributed by atoms with Crippen LogP contribution in [0.2, 0.25) is 0 Å². The predicted octanol–water partition coefficient (Wildman–Crippen LogP) is 2.16. The molecule has 32 heavy (non-hydrogen) atoms. The Balaban J connectivity index is 1.60. The van der Waals surface area contributed by atoms with Crippen molar-refractivity contribution in [2.24, 2.45) is 7.05 Å². The molecule has 0 aliphatic heterocycles. The lowest BCUT2D eigenvalue weighted by atomic mass is 10.2. The summed E-state index contributed by atoms with van der Waals surface area (Å²) < 4.78 is 19.6. The number of halogens is 1. The minimum absolute atomic E-state index is 0.0470. The summed E-state index contributed by atoms with van der Waals surface area (Å²) in [5, 5.41) is 23.7. The Morgan fingerprint density at radius 2 is 1.84 bits per heavy atom. The number of benzene rings is 2. The first kappa shape index (κ1) is 23.2. The minimum atomic E-state index is -0.788. The van der Waals surface area contributed by atoms with Gasteiger partial charge in [-0.3, -0.25) is 9.59 Å². The lowest BCUT2D eigenvalue weighted by molar-refractivity contribution is -0.113. The molecule has 11 heteroatoms. The number of carbonyl (C=O) groups excluding carboxylic acids is 2. The van der Waals surface area contributed by atoms with Crippen molar-refractivity contribution in [2.75, 3.05) is 24.8 Å². The van der Waals surface area contributed by atoms with Crippen LogP contribution >= 0.6 is 11.8 Å². The van der Waals surface area contributed by atoms with Crippen molar-refractivity contribution in [2.45, 2.75) is 11.2 Å². The van der Waals surface area contributed by atoms with E-state index in [0.717, 1.165) is 11.8 Å². The lowest BCUT2D eigenvalue weighted by Crippen LogP contribution is -2.32. The van der Waals surface area contributed by atoms with Gasteiger partial charge in [-0.05, 0) is 48.5 Å². The molecule has 0 bridgehead atoms. The molecule has 1 aromatic heterocycles. The first-order valence-electron chi connectivity index (χ1n) is 9.54. The van der Waals surface area contributed by atoms with Crippen LogP contribution in [-0.4, -0.2) is 51.2 Å². The Morgan fingerprint density at radius 3 is 2.47 bits per heavy atom. The maximum Gasteiger partial charge on any atom is 0.251 e. The highest BCUT2D eigenvalue weighted by atomic mass is 32.2. The van der Waals surface area contributed by atoms with Crippen LogP contribution in [0.1, 0.15) is 22.2 Å². The normalized spacial score (nSPS) is 11.6. The van der Waals surface area contributed by atoms with Gasteiger partial charge in [-0.25, -0.2) is 4.39 Å². The average Bonchev–Trinajstić information content (AvgIpc) is 3.17. The number of rotatable bonds is 9. The third-order valence-corrected chi connectivity index (χ3v) is 5.50. The van der Waals surface area contributed by atoms with Gasteiger partial charge in [-0.2, -0.15) is 0 Å². The first-order chi connectivity index (χ1) is 15.4. The fourth-order valence-corrected chi connectivity index (χ4v) is 3.51. The molecule has 0 radical (unpaired) electrons. The summed E-state index contributed by atoms with van der Waals surface area (Å²) in [5.41, 5.74) is 0.885.